The summed E-state index contributed by atoms with van der Waals surface area (Å²) in [6.07, 6.45) is -3.96. The summed E-state index contributed by atoms with van der Waals surface area (Å²) in [4.78, 5) is 22.1. The summed E-state index contributed by atoms with van der Waals surface area (Å²) < 4.78 is 39.7. The minimum absolute atomic E-state index is 0. The maximum atomic E-state index is 12.9. The molecule has 28 heavy (non-hydrogen) atoms. The number of nitrogens with zero attached hydrogens (tertiary/aromatic N) is 5. The van der Waals surface area contributed by atoms with Gasteiger partial charge in [0.15, 0.2) is 0 Å². The summed E-state index contributed by atoms with van der Waals surface area (Å²) in [5.41, 5.74) is 1.82. The van der Waals surface area contributed by atoms with E-state index in [4.69, 9.17) is 0 Å². The average molecular weight is 421 g/mol. The van der Waals surface area contributed by atoms with E-state index in [1.807, 2.05) is 18.7 Å². The smallest absolute Gasteiger partial charge is 0.337 e. The molecule has 7 nitrogen and oxygen atoms in total. The van der Waals surface area contributed by atoms with E-state index >= 15 is 0 Å². The molecule has 11 heteroatoms. The van der Waals surface area contributed by atoms with E-state index in [1.165, 1.54) is 0 Å². The molecule has 1 aliphatic heterocycles. The summed E-state index contributed by atoms with van der Waals surface area (Å²) in [6.45, 7) is 8.84. The van der Waals surface area contributed by atoms with Crippen molar-refractivity contribution in [3.63, 3.8) is 0 Å². The first-order valence-electron chi connectivity index (χ1n) is 8.92. The minimum Gasteiger partial charge on any atom is -0.337 e. The van der Waals surface area contributed by atoms with E-state index in [9.17, 15) is 18.0 Å². The van der Waals surface area contributed by atoms with Gasteiger partial charge in [0.2, 0.25) is 5.91 Å². The largest absolute Gasteiger partial charge is 0.453 e. The molecule has 0 aromatic carbocycles. The molecule has 1 aliphatic rings. The number of nitrogens with one attached hydrogen (secondary N) is 1. The van der Waals surface area contributed by atoms with Gasteiger partial charge in [0.1, 0.15) is 0 Å². The maximum absolute atomic E-state index is 12.9. The minimum atomic E-state index is -4.63. The second-order valence-corrected chi connectivity index (χ2v) is 6.98. The molecule has 0 spiro atoms. The van der Waals surface area contributed by atoms with E-state index in [-0.39, 0.29) is 42.6 Å². The first kappa shape index (κ1) is 22.4. The fourth-order valence-electron chi connectivity index (χ4n) is 3.47. The number of aryl methyl sites for hydroxylation is 2. The van der Waals surface area contributed by atoms with Gasteiger partial charge < -0.3 is 10.2 Å². The fourth-order valence-corrected chi connectivity index (χ4v) is 3.47. The number of hydrogen-bond acceptors (Lipinski definition) is 5. The highest BCUT2D eigenvalue weighted by Gasteiger charge is 2.37. The van der Waals surface area contributed by atoms with E-state index in [2.05, 4.69) is 20.4 Å². The summed E-state index contributed by atoms with van der Waals surface area (Å²) in [7, 11) is 0. The van der Waals surface area contributed by atoms with Crippen LogP contribution in [0.25, 0.3) is 5.78 Å². The molecule has 2 aromatic heterocycles. The Morgan fingerprint density at radius 3 is 2.57 bits per heavy atom. The number of carbonyl (C=O) groups is 1. The lowest BCUT2D eigenvalue weighted by Gasteiger charge is -2.38. The predicted octanol–water partition coefficient (Wildman–Crippen LogP) is 2.32. The third kappa shape index (κ3) is 4.22. The van der Waals surface area contributed by atoms with Gasteiger partial charge in [0.25, 0.3) is 11.6 Å². The molecule has 156 valence electrons. The molecule has 0 bridgehead atoms. The Morgan fingerprint density at radius 1 is 1.25 bits per heavy atom. The highest BCUT2D eigenvalue weighted by Crippen LogP contribution is 2.27. The lowest BCUT2D eigenvalue weighted by atomic mass is 10.0. The lowest BCUT2D eigenvalue weighted by Crippen LogP contribution is -2.57. The van der Waals surface area contributed by atoms with Crippen LogP contribution in [-0.2, 0) is 17.4 Å². The van der Waals surface area contributed by atoms with Crippen molar-refractivity contribution in [2.45, 2.75) is 58.8 Å². The zero-order valence-electron chi connectivity index (χ0n) is 16.2. The molecule has 1 amide bonds. The molecule has 2 unspecified atom stereocenters. The summed E-state index contributed by atoms with van der Waals surface area (Å²) >= 11 is 0. The van der Waals surface area contributed by atoms with Crippen molar-refractivity contribution in [1.29, 1.82) is 0 Å². The molecule has 3 rings (SSSR count). The van der Waals surface area contributed by atoms with Crippen LogP contribution in [0, 0.1) is 13.8 Å². The molecule has 2 aromatic rings. The third-order valence-electron chi connectivity index (χ3n) is 5.25. The molecule has 0 saturated carbocycles. The number of hydrogen-bond donors (Lipinski definition) is 1. The first-order chi connectivity index (χ1) is 12.6. The summed E-state index contributed by atoms with van der Waals surface area (Å²) in [6, 6.07) is 0.318. The number of alkyl halides is 3. The van der Waals surface area contributed by atoms with Crippen molar-refractivity contribution >= 4 is 24.1 Å². The fraction of sp³-hybridized carbons (Fsp3) is 0.647. The Kier molecular flexibility index (Phi) is 6.55. The van der Waals surface area contributed by atoms with E-state index in [0.29, 0.717) is 24.4 Å². The highest BCUT2D eigenvalue weighted by molar-refractivity contribution is 5.85. The van der Waals surface area contributed by atoms with Crippen LogP contribution >= 0.6 is 12.4 Å². The maximum Gasteiger partial charge on any atom is 0.453 e. The SMILES string of the molecule is Cc1nc2nc(C(F)(F)F)nn2c(C)c1CCC(=O)N1CCNC(C)C1C.Cl. The molecule has 2 atom stereocenters. The van der Waals surface area contributed by atoms with Crippen LogP contribution in [0.5, 0.6) is 0 Å². The van der Waals surface area contributed by atoms with Gasteiger partial charge in [-0.3, -0.25) is 4.79 Å². The van der Waals surface area contributed by atoms with E-state index in [1.54, 1.807) is 13.8 Å². The van der Waals surface area contributed by atoms with Crippen molar-refractivity contribution in [1.82, 2.24) is 29.8 Å². The molecule has 1 fully saturated rings. The quantitative estimate of drug-likeness (QED) is 0.824. The molecular weight excluding hydrogens is 397 g/mol. The van der Waals surface area contributed by atoms with Crippen LogP contribution in [-0.4, -0.2) is 55.6 Å². The van der Waals surface area contributed by atoms with E-state index < -0.39 is 12.0 Å². The normalized spacial score (nSPS) is 20.3. The van der Waals surface area contributed by atoms with Crippen LogP contribution in [0.4, 0.5) is 13.2 Å². The van der Waals surface area contributed by atoms with Gasteiger partial charge >= 0.3 is 6.18 Å². The molecule has 1 saturated heterocycles. The van der Waals surface area contributed by atoms with E-state index in [0.717, 1.165) is 16.6 Å². The van der Waals surface area contributed by atoms with Gasteiger partial charge in [0.05, 0.1) is 0 Å². The lowest BCUT2D eigenvalue weighted by molar-refractivity contribution is -0.144. The second kappa shape index (κ2) is 8.20. The van der Waals surface area contributed by atoms with Crippen molar-refractivity contribution in [3.05, 3.63) is 22.8 Å². The van der Waals surface area contributed by atoms with Crippen molar-refractivity contribution < 1.29 is 18.0 Å². The Bertz CT molecular complexity index is 869. The van der Waals surface area contributed by atoms with Crippen molar-refractivity contribution in [2.24, 2.45) is 0 Å². The Labute approximate surface area is 167 Å². The van der Waals surface area contributed by atoms with Gasteiger partial charge in [-0.05, 0) is 39.7 Å². The van der Waals surface area contributed by atoms with Crippen LogP contribution in [0.15, 0.2) is 0 Å². The third-order valence-corrected chi connectivity index (χ3v) is 5.25. The number of rotatable bonds is 3. The number of carbonyl (C=O) groups excluding carboxylic acids is 1. The molecule has 0 radical (unpaired) electrons. The zero-order chi connectivity index (χ0) is 19.9. The topological polar surface area (TPSA) is 75.4 Å². The van der Waals surface area contributed by atoms with Gasteiger partial charge in [-0.15, -0.1) is 17.5 Å². The summed E-state index contributed by atoms with van der Waals surface area (Å²) in [5, 5.41) is 6.87. The summed E-state index contributed by atoms with van der Waals surface area (Å²) in [5.74, 6) is -1.27. The number of piperazine rings is 1. The predicted molar refractivity (Wildman–Crippen MR) is 99.5 cm³/mol. The number of fused-ring (bicyclic) bond motifs is 1. The standard InChI is InChI=1S/C17H23F3N6O.ClH/c1-9-11(3)25(8-7-21-9)14(27)6-5-13-10(2)22-16-23-15(17(18,19)20)24-26(16)12(13)4;/h9,11,21H,5-8H2,1-4H3;1H. The van der Waals surface area contributed by atoms with Gasteiger partial charge in [-0.25, -0.2) is 9.50 Å². The van der Waals surface area contributed by atoms with Crippen molar-refractivity contribution in [3.8, 4) is 0 Å². The van der Waals surface area contributed by atoms with Crippen LogP contribution in [0.1, 0.15) is 43.0 Å². The zero-order valence-corrected chi connectivity index (χ0v) is 17.0. The monoisotopic (exact) mass is 420 g/mol. The van der Waals surface area contributed by atoms with Gasteiger partial charge in [0, 0.05) is 43.0 Å². The molecular formula is C17H24ClF3N6O. The van der Waals surface area contributed by atoms with Crippen molar-refractivity contribution in [2.75, 3.05) is 13.1 Å². The molecule has 3 heterocycles. The Balaban J connectivity index is 0.00000280. The number of amides is 1. The molecule has 0 aliphatic carbocycles. The van der Waals surface area contributed by atoms with Crippen LogP contribution in [0.3, 0.4) is 0 Å². The number of halogens is 4. The average Bonchev–Trinajstić information content (AvgIpc) is 3.01. The van der Waals surface area contributed by atoms with Crippen LogP contribution < -0.4 is 5.32 Å². The van der Waals surface area contributed by atoms with Gasteiger partial charge in [-0.1, -0.05) is 0 Å². The molecule has 1 N–H and O–H groups in total. The van der Waals surface area contributed by atoms with Crippen LogP contribution in [0.2, 0.25) is 0 Å². The first-order valence-corrected chi connectivity index (χ1v) is 8.92. The Hall–Kier alpha value is -1.94. The Morgan fingerprint density at radius 2 is 1.93 bits per heavy atom. The second-order valence-electron chi connectivity index (χ2n) is 6.98. The highest BCUT2D eigenvalue weighted by atomic mass is 35.5. The van der Waals surface area contributed by atoms with Gasteiger partial charge in [-0.2, -0.15) is 18.2 Å². The number of aromatic nitrogens is 4.